The van der Waals surface area contributed by atoms with Crippen LogP contribution in [0.5, 0.6) is 5.75 Å². The van der Waals surface area contributed by atoms with Gasteiger partial charge >= 0.3 is 0 Å². The number of para-hydroxylation sites is 2. The molecule has 7 nitrogen and oxygen atoms in total. The molecular weight excluding hydrogens is 376 g/mol. The van der Waals surface area contributed by atoms with Crippen LogP contribution in [0.3, 0.4) is 0 Å². The van der Waals surface area contributed by atoms with Gasteiger partial charge in [-0.3, -0.25) is 20.4 Å². The summed E-state index contributed by atoms with van der Waals surface area (Å²) in [4.78, 5) is 25.9. The smallest absolute Gasteiger partial charge is 0.265 e. The second kappa shape index (κ2) is 9.23. The van der Waals surface area contributed by atoms with Crippen molar-refractivity contribution >= 4 is 34.8 Å². The van der Waals surface area contributed by atoms with Gasteiger partial charge in [-0.1, -0.05) is 38.8 Å². The summed E-state index contributed by atoms with van der Waals surface area (Å²) in [5, 5.41) is 3.73. The maximum absolute atomic E-state index is 12.2. The van der Waals surface area contributed by atoms with E-state index in [1.54, 1.807) is 4.90 Å². The minimum atomic E-state index is -0.231. The second-order valence-electron chi connectivity index (χ2n) is 7.57. The van der Waals surface area contributed by atoms with Crippen molar-refractivity contribution in [2.45, 2.75) is 45.6 Å². The SMILES string of the molecule is C[C@H]1[C@@H](NC(=S)NNC(=O)CCN2C(=O)COc3ccccc32)CCC[C@@H]1C. The number of anilines is 1. The second-order valence-corrected chi connectivity index (χ2v) is 7.98. The molecule has 0 aromatic heterocycles. The molecular formula is C20H28N4O3S. The third kappa shape index (κ3) is 4.92. The van der Waals surface area contributed by atoms with Gasteiger partial charge in [-0.25, -0.2) is 0 Å². The Labute approximate surface area is 171 Å². The van der Waals surface area contributed by atoms with Gasteiger partial charge in [0.15, 0.2) is 11.7 Å². The normalized spacial score (nSPS) is 24.0. The number of hydrogen-bond donors (Lipinski definition) is 3. The van der Waals surface area contributed by atoms with E-state index in [1.807, 2.05) is 24.3 Å². The van der Waals surface area contributed by atoms with Crippen LogP contribution >= 0.6 is 12.2 Å². The number of nitrogens with zero attached hydrogens (tertiary/aromatic N) is 1. The number of carbonyl (C=O) groups excluding carboxylic acids is 2. The molecule has 0 unspecified atom stereocenters. The zero-order valence-electron chi connectivity index (χ0n) is 16.4. The van der Waals surface area contributed by atoms with E-state index in [4.69, 9.17) is 17.0 Å². The molecule has 0 spiro atoms. The highest BCUT2D eigenvalue weighted by Crippen LogP contribution is 2.31. The minimum absolute atomic E-state index is 0.0110. The van der Waals surface area contributed by atoms with Crippen LogP contribution in [0.1, 0.15) is 39.5 Å². The molecule has 0 saturated heterocycles. The first-order chi connectivity index (χ1) is 13.5. The Morgan fingerprint density at radius 2 is 2.04 bits per heavy atom. The lowest BCUT2D eigenvalue weighted by atomic mass is 9.78. The summed E-state index contributed by atoms with van der Waals surface area (Å²) in [6.45, 7) is 4.77. The molecule has 28 heavy (non-hydrogen) atoms. The number of amides is 2. The Kier molecular flexibility index (Phi) is 6.72. The van der Waals surface area contributed by atoms with Crippen molar-refractivity contribution in [1.29, 1.82) is 0 Å². The molecule has 2 amide bonds. The monoisotopic (exact) mass is 404 g/mol. The zero-order chi connectivity index (χ0) is 20.1. The van der Waals surface area contributed by atoms with E-state index in [1.165, 1.54) is 12.8 Å². The van der Waals surface area contributed by atoms with Crippen molar-refractivity contribution < 1.29 is 14.3 Å². The van der Waals surface area contributed by atoms with E-state index < -0.39 is 0 Å². The molecule has 8 heteroatoms. The van der Waals surface area contributed by atoms with Gasteiger partial charge in [-0.2, -0.15) is 0 Å². The Morgan fingerprint density at radius 3 is 2.86 bits per heavy atom. The van der Waals surface area contributed by atoms with E-state index in [-0.39, 0.29) is 31.4 Å². The molecule has 3 N–H and O–H groups in total. The van der Waals surface area contributed by atoms with Crippen molar-refractivity contribution in [3.63, 3.8) is 0 Å². The highest BCUT2D eigenvalue weighted by molar-refractivity contribution is 7.80. The first kappa shape index (κ1) is 20.4. The van der Waals surface area contributed by atoms with Gasteiger partial charge in [-0.15, -0.1) is 0 Å². The van der Waals surface area contributed by atoms with E-state index >= 15 is 0 Å². The van der Waals surface area contributed by atoms with Crippen molar-refractivity contribution in [3.05, 3.63) is 24.3 Å². The lowest BCUT2D eigenvalue weighted by Crippen LogP contribution is -2.53. The lowest BCUT2D eigenvalue weighted by Gasteiger charge is -2.35. The number of thiocarbonyl (C=S) groups is 1. The van der Waals surface area contributed by atoms with Gasteiger partial charge in [-0.05, 0) is 42.6 Å². The van der Waals surface area contributed by atoms with Crippen LogP contribution < -0.4 is 25.8 Å². The molecule has 1 aliphatic heterocycles. The molecule has 1 aromatic carbocycles. The number of fused-ring (bicyclic) bond motifs is 1. The Morgan fingerprint density at radius 1 is 1.25 bits per heavy atom. The van der Waals surface area contributed by atoms with Crippen LogP contribution in [-0.2, 0) is 9.59 Å². The fraction of sp³-hybridized carbons (Fsp3) is 0.550. The maximum Gasteiger partial charge on any atom is 0.265 e. The van der Waals surface area contributed by atoms with Crippen LogP contribution in [-0.4, -0.2) is 36.1 Å². The molecule has 1 fully saturated rings. The first-order valence-corrected chi connectivity index (χ1v) is 10.2. The molecule has 1 heterocycles. The number of carbonyl (C=O) groups is 2. The largest absolute Gasteiger partial charge is 0.482 e. The van der Waals surface area contributed by atoms with Gasteiger partial charge in [0.25, 0.3) is 5.91 Å². The number of hydrogen-bond acceptors (Lipinski definition) is 4. The summed E-state index contributed by atoms with van der Waals surface area (Å²) in [6.07, 6.45) is 3.68. The summed E-state index contributed by atoms with van der Waals surface area (Å²) >= 11 is 5.31. The summed E-state index contributed by atoms with van der Waals surface area (Å²) in [5.74, 6) is 1.47. The predicted octanol–water partition coefficient (Wildman–Crippen LogP) is 2.12. The van der Waals surface area contributed by atoms with Gasteiger partial charge in [0.2, 0.25) is 5.91 Å². The van der Waals surface area contributed by atoms with Gasteiger partial charge in [0.1, 0.15) is 5.75 Å². The van der Waals surface area contributed by atoms with E-state index in [0.717, 1.165) is 6.42 Å². The molecule has 3 rings (SSSR count). The molecule has 0 radical (unpaired) electrons. The van der Waals surface area contributed by atoms with Gasteiger partial charge < -0.3 is 15.0 Å². The maximum atomic E-state index is 12.2. The predicted molar refractivity (Wildman–Crippen MR) is 112 cm³/mol. The van der Waals surface area contributed by atoms with Crippen molar-refractivity contribution in [2.24, 2.45) is 11.8 Å². The van der Waals surface area contributed by atoms with Crippen LogP contribution in [0, 0.1) is 11.8 Å². The molecule has 1 saturated carbocycles. The molecule has 152 valence electrons. The summed E-state index contributed by atoms with van der Waals surface area (Å²) in [7, 11) is 0. The molecule has 3 atom stereocenters. The number of benzene rings is 1. The van der Waals surface area contributed by atoms with E-state index in [0.29, 0.717) is 34.4 Å². The average Bonchev–Trinajstić information content (AvgIpc) is 2.69. The van der Waals surface area contributed by atoms with Crippen molar-refractivity contribution in [1.82, 2.24) is 16.2 Å². The summed E-state index contributed by atoms with van der Waals surface area (Å²) in [6, 6.07) is 7.64. The molecule has 1 aromatic rings. The third-order valence-corrected chi connectivity index (χ3v) is 5.93. The average molecular weight is 405 g/mol. The number of rotatable bonds is 4. The fourth-order valence-electron chi connectivity index (χ4n) is 3.79. The fourth-order valence-corrected chi connectivity index (χ4v) is 3.99. The third-order valence-electron chi connectivity index (χ3n) is 5.71. The van der Waals surface area contributed by atoms with E-state index in [9.17, 15) is 9.59 Å². The highest BCUT2D eigenvalue weighted by Gasteiger charge is 2.28. The topological polar surface area (TPSA) is 82.7 Å². The van der Waals surface area contributed by atoms with Crippen LogP contribution in [0.25, 0.3) is 0 Å². The number of ether oxygens (including phenoxy) is 1. The summed E-state index contributed by atoms with van der Waals surface area (Å²) < 4.78 is 5.41. The Bertz CT molecular complexity index is 742. The Hall–Kier alpha value is -2.35. The zero-order valence-corrected chi connectivity index (χ0v) is 17.2. The van der Waals surface area contributed by atoms with E-state index in [2.05, 4.69) is 30.0 Å². The van der Waals surface area contributed by atoms with Gasteiger partial charge in [0, 0.05) is 19.0 Å². The van der Waals surface area contributed by atoms with Crippen LogP contribution in [0.15, 0.2) is 24.3 Å². The summed E-state index contributed by atoms with van der Waals surface area (Å²) in [5.41, 5.74) is 6.08. The standard InChI is InChI=1S/C20H28N4O3S/c1-13-6-5-7-15(14(13)2)21-20(28)23-22-18(25)10-11-24-16-8-3-4-9-17(16)27-12-19(24)26/h3-4,8-9,13-15H,5-7,10-12H2,1-2H3,(H,22,25)(H2,21,23,28)/t13-,14+,15-/m0/s1. The number of nitrogens with one attached hydrogen (secondary N) is 3. The van der Waals surface area contributed by atoms with Crippen LogP contribution in [0.2, 0.25) is 0 Å². The van der Waals surface area contributed by atoms with Crippen molar-refractivity contribution in [2.75, 3.05) is 18.1 Å². The van der Waals surface area contributed by atoms with Crippen molar-refractivity contribution in [3.8, 4) is 5.75 Å². The minimum Gasteiger partial charge on any atom is -0.482 e. The first-order valence-electron chi connectivity index (χ1n) is 9.83. The lowest BCUT2D eigenvalue weighted by molar-refractivity contribution is -0.122. The molecule has 0 bridgehead atoms. The molecule has 1 aliphatic carbocycles. The number of hydrazine groups is 1. The van der Waals surface area contributed by atoms with Gasteiger partial charge in [0.05, 0.1) is 5.69 Å². The molecule has 2 aliphatic rings. The highest BCUT2D eigenvalue weighted by atomic mass is 32.1. The van der Waals surface area contributed by atoms with Crippen LogP contribution in [0.4, 0.5) is 5.69 Å². The Balaban J connectivity index is 1.43. The quantitative estimate of drug-likeness (QED) is 0.527.